The van der Waals surface area contributed by atoms with E-state index in [1.54, 1.807) is 0 Å². The van der Waals surface area contributed by atoms with E-state index in [-0.39, 0.29) is 12.5 Å². The lowest BCUT2D eigenvalue weighted by atomic mass is 10.2. The molecule has 0 aliphatic heterocycles. The van der Waals surface area contributed by atoms with E-state index >= 15 is 0 Å². The predicted octanol–water partition coefficient (Wildman–Crippen LogP) is 0.530. The first kappa shape index (κ1) is 12.9. The smallest absolute Gasteiger partial charge is 0.233 e. The zero-order valence-corrected chi connectivity index (χ0v) is 8.53. The number of nitrogens with zero attached hydrogens (tertiary/aromatic N) is 1. The molecule has 0 bridgehead atoms. The zero-order valence-electron chi connectivity index (χ0n) is 8.53. The summed E-state index contributed by atoms with van der Waals surface area (Å²) in [5, 5.41) is 11.8. The molecule has 5 heteroatoms. The molecule has 0 radical (unpaired) electrons. The Morgan fingerprint density at radius 1 is 1.50 bits per heavy atom. The first-order valence-electron chi connectivity index (χ1n) is 4.88. The van der Waals surface area contributed by atoms with Crippen molar-refractivity contribution in [3.05, 3.63) is 0 Å². The van der Waals surface area contributed by atoms with E-state index < -0.39 is 0 Å². The SMILES string of the molecule is CCCCCC(=O)NCCN(O)C=O. The van der Waals surface area contributed by atoms with Crippen LogP contribution in [0, 0.1) is 0 Å². The molecule has 0 fully saturated rings. The summed E-state index contributed by atoms with van der Waals surface area (Å²) in [6.45, 7) is 2.49. The van der Waals surface area contributed by atoms with Crippen molar-refractivity contribution in [3.8, 4) is 0 Å². The van der Waals surface area contributed by atoms with Crippen LogP contribution in [0.25, 0.3) is 0 Å². The third kappa shape index (κ3) is 7.54. The number of amides is 2. The number of hydrogen-bond donors (Lipinski definition) is 2. The average molecular weight is 202 g/mol. The Hall–Kier alpha value is -1.10. The summed E-state index contributed by atoms with van der Waals surface area (Å²) in [5.41, 5.74) is 0. The largest absolute Gasteiger partial charge is 0.354 e. The Morgan fingerprint density at radius 3 is 2.79 bits per heavy atom. The summed E-state index contributed by atoms with van der Waals surface area (Å²) in [5.74, 6) is -0.0299. The summed E-state index contributed by atoms with van der Waals surface area (Å²) < 4.78 is 0. The minimum absolute atomic E-state index is 0.0299. The summed E-state index contributed by atoms with van der Waals surface area (Å²) in [6.07, 6.45) is 3.85. The normalized spacial score (nSPS) is 9.57. The molecule has 0 saturated heterocycles. The quantitative estimate of drug-likeness (QED) is 0.261. The molecule has 0 atom stereocenters. The van der Waals surface area contributed by atoms with Gasteiger partial charge in [0.1, 0.15) is 0 Å². The van der Waals surface area contributed by atoms with Crippen molar-refractivity contribution in [2.45, 2.75) is 32.6 Å². The maximum atomic E-state index is 11.1. The van der Waals surface area contributed by atoms with Gasteiger partial charge in [0.15, 0.2) is 0 Å². The van der Waals surface area contributed by atoms with Crippen LogP contribution in [-0.2, 0) is 9.59 Å². The van der Waals surface area contributed by atoms with Crippen LogP contribution >= 0.6 is 0 Å². The fourth-order valence-corrected chi connectivity index (χ4v) is 0.987. The lowest BCUT2D eigenvalue weighted by molar-refractivity contribution is -0.149. The van der Waals surface area contributed by atoms with E-state index in [9.17, 15) is 9.59 Å². The van der Waals surface area contributed by atoms with Gasteiger partial charge in [-0.2, -0.15) is 0 Å². The molecule has 0 heterocycles. The van der Waals surface area contributed by atoms with Crippen LogP contribution < -0.4 is 5.32 Å². The van der Waals surface area contributed by atoms with Crippen molar-refractivity contribution >= 4 is 12.3 Å². The van der Waals surface area contributed by atoms with E-state index in [0.717, 1.165) is 19.3 Å². The van der Waals surface area contributed by atoms with E-state index in [4.69, 9.17) is 5.21 Å². The highest BCUT2D eigenvalue weighted by molar-refractivity contribution is 5.75. The van der Waals surface area contributed by atoms with Gasteiger partial charge in [0.25, 0.3) is 0 Å². The van der Waals surface area contributed by atoms with Gasteiger partial charge in [-0.25, -0.2) is 5.06 Å². The number of hydrogen-bond acceptors (Lipinski definition) is 3. The highest BCUT2D eigenvalue weighted by Crippen LogP contribution is 1.97. The van der Waals surface area contributed by atoms with Crippen molar-refractivity contribution in [3.63, 3.8) is 0 Å². The van der Waals surface area contributed by atoms with Gasteiger partial charge in [-0.1, -0.05) is 19.8 Å². The Bertz CT molecular complexity index is 173. The lowest BCUT2D eigenvalue weighted by Crippen LogP contribution is -2.32. The van der Waals surface area contributed by atoms with Crippen LogP contribution in [0.5, 0.6) is 0 Å². The molecule has 0 aliphatic carbocycles. The molecule has 2 N–H and O–H groups in total. The molecular formula is C9H18N2O3. The molecule has 0 saturated carbocycles. The fourth-order valence-electron chi connectivity index (χ4n) is 0.987. The van der Waals surface area contributed by atoms with Gasteiger partial charge in [-0.3, -0.25) is 14.8 Å². The summed E-state index contributed by atoms with van der Waals surface area (Å²) >= 11 is 0. The van der Waals surface area contributed by atoms with Crippen LogP contribution in [0.15, 0.2) is 0 Å². The van der Waals surface area contributed by atoms with Crippen LogP contribution in [0.4, 0.5) is 0 Å². The third-order valence-electron chi connectivity index (χ3n) is 1.79. The lowest BCUT2D eigenvalue weighted by Gasteiger charge is -2.09. The first-order valence-corrected chi connectivity index (χ1v) is 4.88. The summed E-state index contributed by atoms with van der Waals surface area (Å²) in [6, 6.07) is 0. The van der Waals surface area contributed by atoms with Gasteiger partial charge in [0.05, 0.1) is 6.54 Å². The van der Waals surface area contributed by atoms with Crippen LogP contribution in [0.2, 0.25) is 0 Å². The minimum Gasteiger partial charge on any atom is -0.354 e. The average Bonchev–Trinajstić information content (AvgIpc) is 2.18. The summed E-state index contributed by atoms with van der Waals surface area (Å²) in [4.78, 5) is 21.0. The molecule has 0 unspecified atom stereocenters. The maximum Gasteiger partial charge on any atom is 0.233 e. The van der Waals surface area contributed by atoms with Gasteiger partial charge in [-0.15, -0.1) is 0 Å². The number of hydroxylamine groups is 2. The topological polar surface area (TPSA) is 69.6 Å². The Labute approximate surface area is 84.0 Å². The first-order chi connectivity index (χ1) is 6.70. The Morgan fingerprint density at radius 2 is 2.21 bits per heavy atom. The fraction of sp³-hybridized carbons (Fsp3) is 0.778. The van der Waals surface area contributed by atoms with Gasteiger partial charge >= 0.3 is 0 Å². The molecule has 5 nitrogen and oxygen atoms in total. The molecule has 0 rings (SSSR count). The standard InChI is InChI=1S/C9H18N2O3/c1-2-3-4-5-9(13)10-6-7-11(14)8-12/h8,14H,2-7H2,1H3,(H,10,13). The van der Waals surface area contributed by atoms with Crippen molar-refractivity contribution in [2.24, 2.45) is 0 Å². The van der Waals surface area contributed by atoms with E-state index in [1.165, 1.54) is 0 Å². The van der Waals surface area contributed by atoms with E-state index in [2.05, 4.69) is 12.2 Å². The van der Waals surface area contributed by atoms with Crippen molar-refractivity contribution in [1.82, 2.24) is 10.4 Å². The Balaban J connectivity index is 3.30. The molecule has 0 aromatic heterocycles. The van der Waals surface area contributed by atoms with Crippen LogP contribution in [-0.4, -0.2) is 35.7 Å². The van der Waals surface area contributed by atoms with Gasteiger partial charge in [-0.05, 0) is 6.42 Å². The van der Waals surface area contributed by atoms with Crippen molar-refractivity contribution in [2.75, 3.05) is 13.1 Å². The molecule has 0 aliphatic rings. The van der Waals surface area contributed by atoms with Crippen molar-refractivity contribution in [1.29, 1.82) is 0 Å². The van der Waals surface area contributed by atoms with Crippen LogP contribution in [0.1, 0.15) is 32.6 Å². The number of unbranched alkanes of at least 4 members (excludes halogenated alkanes) is 2. The number of carbonyl (C=O) groups is 2. The van der Waals surface area contributed by atoms with E-state index in [0.29, 0.717) is 24.4 Å². The molecule has 0 aromatic rings. The summed E-state index contributed by atoms with van der Waals surface area (Å²) in [7, 11) is 0. The predicted molar refractivity (Wildman–Crippen MR) is 51.7 cm³/mol. The van der Waals surface area contributed by atoms with Gasteiger partial charge in [0, 0.05) is 13.0 Å². The second-order valence-electron chi connectivity index (χ2n) is 3.08. The highest BCUT2D eigenvalue weighted by Gasteiger charge is 2.00. The second-order valence-corrected chi connectivity index (χ2v) is 3.08. The monoisotopic (exact) mass is 202 g/mol. The zero-order chi connectivity index (χ0) is 10.8. The molecule has 2 amide bonds. The molecular weight excluding hydrogens is 184 g/mol. The minimum atomic E-state index is -0.0299. The van der Waals surface area contributed by atoms with Crippen LogP contribution in [0.3, 0.4) is 0 Å². The molecule has 14 heavy (non-hydrogen) atoms. The molecule has 0 spiro atoms. The maximum absolute atomic E-state index is 11.1. The van der Waals surface area contributed by atoms with Gasteiger partial charge in [0.2, 0.25) is 12.3 Å². The number of carbonyl (C=O) groups excluding carboxylic acids is 2. The molecule has 0 aromatic carbocycles. The highest BCUT2D eigenvalue weighted by atomic mass is 16.5. The van der Waals surface area contributed by atoms with Gasteiger partial charge < -0.3 is 5.32 Å². The third-order valence-corrected chi connectivity index (χ3v) is 1.79. The number of nitrogens with one attached hydrogen (secondary N) is 1. The van der Waals surface area contributed by atoms with E-state index in [1.807, 2.05) is 0 Å². The number of rotatable bonds is 8. The second kappa shape index (κ2) is 8.50. The molecule has 82 valence electrons. The van der Waals surface area contributed by atoms with Crippen molar-refractivity contribution < 1.29 is 14.8 Å². The Kier molecular flexibility index (Phi) is 7.83.